The molecule has 3 aromatic carbocycles. The largest absolute Gasteiger partial charge is 0.383 e. The second-order valence-corrected chi connectivity index (χ2v) is 17.2. The Morgan fingerprint density at radius 3 is 1.76 bits per heavy atom. The van der Waals surface area contributed by atoms with E-state index in [0.29, 0.717) is 37.3 Å². The molecular formula is C40H49N5O8S2. The number of nitrogens with zero attached hydrogens (tertiary/aromatic N) is 3. The molecule has 0 bridgehead atoms. The highest BCUT2D eigenvalue weighted by molar-refractivity contribution is 8.00. The van der Waals surface area contributed by atoms with Gasteiger partial charge in [0, 0.05) is 45.9 Å². The van der Waals surface area contributed by atoms with Crippen molar-refractivity contribution in [3.05, 3.63) is 119 Å². The molecule has 0 aromatic heterocycles. The average molecular weight is 792 g/mol. The molecule has 7 rings (SSSR count). The molecule has 0 atom stereocenters. The van der Waals surface area contributed by atoms with Crippen LogP contribution in [0.1, 0.15) is 42.0 Å². The molecule has 0 spiro atoms. The van der Waals surface area contributed by atoms with Gasteiger partial charge in [0.15, 0.2) is 0 Å². The molecule has 13 nitrogen and oxygen atoms in total. The van der Waals surface area contributed by atoms with E-state index in [2.05, 4.69) is 27.7 Å². The van der Waals surface area contributed by atoms with Crippen LogP contribution in [0.2, 0.25) is 0 Å². The minimum Gasteiger partial charge on any atom is -0.383 e. The smallest absolute Gasteiger partial charge is 0.285 e. The number of fused-ring (bicyclic) bond motifs is 1. The van der Waals surface area contributed by atoms with Crippen LogP contribution < -0.4 is 10.6 Å². The first kappa shape index (κ1) is 40.1. The molecule has 294 valence electrons. The van der Waals surface area contributed by atoms with Gasteiger partial charge in [0.05, 0.1) is 26.4 Å². The van der Waals surface area contributed by atoms with Gasteiger partial charge in [-0.3, -0.25) is 14.5 Å². The molecule has 4 aliphatic rings. The molecule has 0 unspecified atom stereocenters. The van der Waals surface area contributed by atoms with E-state index >= 15 is 0 Å². The Balaban J connectivity index is 0.000000187. The van der Waals surface area contributed by atoms with Gasteiger partial charge >= 0.3 is 0 Å². The minimum absolute atomic E-state index is 0.00985. The fraction of sp³-hybridized carbons (Fsp3) is 0.400. The van der Waals surface area contributed by atoms with Crippen molar-refractivity contribution < 1.29 is 35.9 Å². The van der Waals surface area contributed by atoms with E-state index in [1.54, 1.807) is 48.5 Å². The molecule has 1 aliphatic carbocycles. The second kappa shape index (κ2) is 17.9. The Kier molecular flexibility index (Phi) is 13.1. The van der Waals surface area contributed by atoms with E-state index < -0.39 is 31.9 Å². The molecule has 0 radical (unpaired) electrons. The van der Waals surface area contributed by atoms with Crippen molar-refractivity contribution in [3.8, 4) is 0 Å². The van der Waals surface area contributed by atoms with Gasteiger partial charge in [0.1, 0.15) is 21.2 Å². The molecule has 3 aromatic rings. The maximum atomic E-state index is 13.2. The zero-order chi connectivity index (χ0) is 39.0. The Hall–Kier alpha value is -4.54. The first-order chi connectivity index (χ1) is 26.6. The van der Waals surface area contributed by atoms with Crippen molar-refractivity contribution in [2.75, 3.05) is 66.2 Å². The van der Waals surface area contributed by atoms with Crippen molar-refractivity contribution in [2.45, 2.75) is 38.6 Å². The molecule has 1 saturated heterocycles. The van der Waals surface area contributed by atoms with Crippen molar-refractivity contribution in [1.82, 2.24) is 24.1 Å². The SMILES string of the molecule is CCCCN1C(=O)C(NCCN2CCOCC2)=C(c2ccccc2)S1(=O)=O.COCCN1C(=O)C(NC2Cc3ccccc3C2)=C(c2ccccc2)S1(=O)=O. The number of methoxy groups -OCH3 is 1. The third kappa shape index (κ3) is 8.81. The fourth-order valence-electron chi connectivity index (χ4n) is 7.14. The summed E-state index contributed by atoms with van der Waals surface area (Å²) in [6, 6.07) is 25.7. The third-order valence-corrected chi connectivity index (χ3v) is 13.7. The maximum Gasteiger partial charge on any atom is 0.285 e. The van der Waals surface area contributed by atoms with Crippen LogP contribution in [0.5, 0.6) is 0 Å². The van der Waals surface area contributed by atoms with Crippen LogP contribution in [-0.4, -0.2) is 114 Å². The summed E-state index contributed by atoms with van der Waals surface area (Å²) in [6.07, 6.45) is 2.98. The van der Waals surface area contributed by atoms with Crippen LogP contribution in [0.25, 0.3) is 9.81 Å². The Bertz CT molecular complexity index is 2090. The molecule has 0 saturated carbocycles. The van der Waals surface area contributed by atoms with E-state index in [4.69, 9.17) is 9.47 Å². The topological polar surface area (TPSA) is 155 Å². The van der Waals surface area contributed by atoms with E-state index in [1.807, 2.05) is 31.2 Å². The maximum absolute atomic E-state index is 13.2. The minimum atomic E-state index is -3.94. The van der Waals surface area contributed by atoms with E-state index in [-0.39, 0.29) is 46.9 Å². The monoisotopic (exact) mass is 791 g/mol. The summed E-state index contributed by atoms with van der Waals surface area (Å²) in [4.78, 5) is 28.3. The molecule has 3 aliphatic heterocycles. The highest BCUT2D eigenvalue weighted by Crippen LogP contribution is 2.36. The summed E-state index contributed by atoms with van der Waals surface area (Å²) in [5.74, 6) is -0.976. The van der Waals surface area contributed by atoms with Crippen LogP contribution in [0.4, 0.5) is 0 Å². The van der Waals surface area contributed by atoms with Gasteiger partial charge in [-0.2, -0.15) is 0 Å². The van der Waals surface area contributed by atoms with E-state index in [0.717, 1.165) is 47.5 Å². The van der Waals surface area contributed by atoms with Crippen LogP contribution in [0, 0.1) is 0 Å². The van der Waals surface area contributed by atoms with Crippen LogP contribution in [0.15, 0.2) is 96.3 Å². The van der Waals surface area contributed by atoms with Gasteiger partial charge in [0.2, 0.25) is 0 Å². The van der Waals surface area contributed by atoms with Crippen LogP contribution in [0.3, 0.4) is 0 Å². The van der Waals surface area contributed by atoms with E-state index in [1.165, 1.54) is 18.2 Å². The molecule has 15 heteroatoms. The number of carbonyl (C=O) groups is 2. The quantitative estimate of drug-likeness (QED) is 0.248. The first-order valence-electron chi connectivity index (χ1n) is 18.7. The Morgan fingerprint density at radius 1 is 0.709 bits per heavy atom. The zero-order valence-corrected chi connectivity index (χ0v) is 32.9. The first-order valence-corrected chi connectivity index (χ1v) is 21.6. The number of benzene rings is 3. The Labute approximate surface area is 324 Å². The standard InChI is InChI=1S/C21H22N2O4S.C19H27N3O4S/c1-27-12-11-23-21(24)19(20(28(23,25)26)15-7-3-2-4-8-15)22-18-13-16-9-5-6-10-17(16)14-18;1-2-3-10-22-19(23)17(20-9-11-21-12-14-26-15-13-21)18(27(22,24)25)16-7-5-4-6-8-16/h2-10,18,22H,11-14H2,1H3;4-8,20H,2-3,9-15H2,1H3. The van der Waals surface area contributed by atoms with Gasteiger partial charge in [-0.1, -0.05) is 98.3 Å². The number of rotatable bonds is 14. The number of unbranched alkanes of at least 4 members (excludes halogenated alkanes) is 1. The third-order valence-electron chi connectivity index (χ3n) is 9.95. The highest BCUT2D eigenvalue weighted by Gasteiger charge is 2.46. The number of sulfonamides is 2. The van der Waals surface area contributed by atoms with Crippen molar-refractivity contribution in [3.63, 3.8) is 0 Å². The van der Waals surface area contributed by atoms with Gasteiger partial charge in [-0.05, 0) is 41.5 Å². The number of ether oxygens (including phenoxy) is 2. The van der Waals surface area contributed by atoms with Crippen LogP contribution >= 0.6 is 0 Å². The average Bonchev–Trinajstić information content (AvgIpc) is 3.75. The van der Waals surface area contributed by atoms with Crippen molar-refractivity contribution in [1.29, 1.82) is 0 Å². The number of amides is 2. The predicted octanol–water partition coefficient (Wildman–Crippen LogP) is 3.18. The lowest BCUT2D eigenvalue weighted by atomic mass is 10.1. The Morgan fingerprint density at radius 2 is 1.22 bits per heavy atom. The van der Waals surface area contributed by atoms with Gasteiger partial charge in [-0.25, -0.2) is 25.4 Å². The zero-order valence-electron chi connectivity index (χ0n) is 31.3. The highest BCUT2D eigenvalue weighted by atomic mass is 32.2. The van der Waals surface area contributed by atoms with Gasteiger partial charge in [0.25, 0.3) is 31.9 Å². The number of hydrogen-bond acceptors (Lipinski definition) is 11. The predicted molar refractivity (Wildman–Crippen MR) is 211 cm³/mol. The molecule has 1 fully saturated rings. The summed E-state index contributed by atoms with van der Waals surface area (Å²) >= 11 is 0. The van der Waals surface area contributed by atoms with Crippen LogP contribution in [-0.2, 0) is 52.0 Å². The molecular weight excluding hydrogens is 743 g/mol. The lowest BCUT2D eigenvalue weighted by molar-refractivity contribution is -0.123. The summed E-state index contributed by atoms with van der Waals surface area (Å²) in [5, 5.41) is 6.37. The number of morpholine rings is 1. The number of carbonyl (C=O) groups excluding carboxylic acids is 2. The summed E-state index contributed by atoms with van der Waals surface area (Å²) in [5.41, 5.74) is 3.84. The molecule has 2 amide bonds. The van der Waals surface area contributed by atoms with Crippen molar-refractivity contribution >= 4 is 41.7 Å². The number of hydrogen-bond donors (Lipinski definition) is 2. The number of nitrogens with one attached hydrogen (secondary N) is 2. The lowest BCUT2D eigenvalue weighted by Gasteiger charge is -2.26. The normalized spacial score (nSPS) is 19.5. The fourth-order valence-corrected chi connectivity index (χ4v) is 10.6. The van der Waals surface area contributed by atoms with E-state index in [9.17, 15) is 26.4 Å². The lowest BCUT2D eigenvalue weighted by Crippen LogP contribution is -2.41. The van der Waals surface area contributed by atoms with Crippen molar-refractivity contribution in [2.24, 2.45) is 0 Å². The molecule has 2 N–H and O–H groups in total. The summed E-state index contributed by atoms with van der Waals surface area (Å²) in [7, 11) is -6.30. The molecule has 3 heterocycles. The van der Waals surface area contributed by atoms with Gasteiger partial charge < -0.3 is 20.1 Å². The van der Waals surface area contributed by atoms with Gasteiger partial charge in [-0.15, -0.1) is 0 Å². The summed E-state index contributed by atoms with van der Waals surface area (Å²) < 4.78 is 64.7. The summed E-state index contributed by atoms with van der Waals surface area (Å²) in [6.45, 7) is 6.67. The molecule has 55 heavy (non-hydrogen) atoms. The second-order valence-electron chi connectivity index (χ2n) is 13.7.